The molecule has 1 aliphatic heterocycles. The Balaban J connectivity index is 1.65. The first-order chi connectivity index (χ1) is 13.8. The highest BCUT2D eigenvalue weighted by Gasteiger charge is 2.27. The zero-order valence-corrected chi connectivity index (χ0v) is 16.0. The molecule has 1 N–H and O–H groups in total. The Kier molecular flexibility index (Phi) is 5.96. The molecule has 0 saturated carbocycles. The highest BCUT2D eigenvalue weighted by atomic mass is 16.6. The lowest BCUT2D eigenvalue weighted by Crippen LogP contribution is -2.22. The van der Waals surface area contributed by atoms with E-state index in [0.717, 1.165) is 11.6 Å². The maximum absolute atomic E-state index is 12.3. The number of anilines is 1. The lowest BCUT2D eigenvalue weighted by Gasteiger charge is -2.18. The fourth-order valence-corrected chi connectivity index (χ4v) is 2.75. The van der Waals surface area contributed by atoms with E-state index in [-0.39, 0.29) is 30.3 Å². The van der Waals surface area contributed by atoms with Crippen LogP contribution >= 0.6 is 0 Å². The number of nitrogens with zero attached hydrogens (tertiary/aromatic N) is 1. The van der Waals surface area contributed by atoms with Crippen molar-refractivity contribution in [3.63, 3.8) is 0 Å². The van der Waals surface area contributed by atoms with Crippen LogP contribution in [-0.2, 0) is 9.53 Å². The van der Waals surface area contributed by atoms with Crippen LogP contribution in [0.15, 0.2) is 36.4 Å². The fourth-order valence-electron chi connectivity index (χ4n) is 2.75. The number of carbonyl (C=O) groups is 2. The molecule has 3 rings (SSSR count). The highest BCUT2D eigenvalue weighted by Crippen LogP contribution is 2.36. The van der Waals surface area contributed by atoms with E-state index < -0.39 is 29.1 Å². The summed E-state index contributed by atoms with van der Waals surface area (Å²) in [7, 11) is 0. The minimum atomic E-state index is -1.00. The largest absolute Gasteiger partial charge is 0.486 e. The molecule has 1 aliphatic rings. The summed E-state index contributed by atoms with van der Waals surface area (Å²) in [5.74, 6) is -0.803. The van der Waals surface area contributed by atoms with E-state index in [1.54, 1.807) is 12.1 Å². The van der Waals surface area contributed by atoms with Crippen molar-refractivity contribution >= 4 is 23.3 Å². The normalized spacial score (nSPS) is 12.4. The van der Waals surface area contributed by atoms with Crippen LogP contribution in [0.25, 0.3) is 0 Å². The first-order valence-corrected chi connectivity index (χ1v) is 9.00. The number of benzene rings is 2. The Morgan fingerprint density at radius 3 is 2.34 bits per heavy atom. The van der Waals surface area contributed by atoms with Gasteiger partial charge in [-0.25, -0.2) is 4.79 Å². The van der Waals surface area contributed by atoms with Gasteiger partial charge in [0, 0.05) is 11.8 Å². The first kappa shape index (κ1) is 20.1. The number of hydrogen-bond acceptors (Lipinski definition) is 7. The van der Waals surface area contributed by atoms with Crippen molar-refractivity contribution in [2.45, 2.75) is 19.8 Å². The van der Waals surface area contributed by atoms with Crippen LogP contribution in [0.4, 0.5) is 11.4 Å². The van der Waals surface area contributed by atoms with Gasteiger partial charge in [-0.2, -0.15) is 0 Å². The second-order valence-electron chi connectivity index (χ2n) is 6.67. The summed E-state index contributed by atoms with van der Waals surface area (Å²) >= 11 is 0. The van der Waals surface area contributed by atoms with Gasteiger partial charge >= 0.3 is 5.97 Å². The number of amides is 1. The van der Waals surface area contributed by atoms with Crippen LogP contribution in [0.1, 0.15) is 35.7 Å². The van der Waals surface area contributed by atoms with Crippen molar-refractivity contribution in [2.24, 2.45) is 0 Å². The third kappa shape index (κ3) is 4.81. The van der Waals surface area contributed by atoms with Gasteiger partial charge in [-0.3, -0.25) is 14.9 Å². The Morgan fingerprint density at radius 2 is 1.76 bits per heavy atom. The van der Waals surface area contributed by atoms with Crippen molar-refractivity contribution in [1.82, 2.24) is 0 Å². The second-order valence-corrected chi connectivity index (χ2v) is 6.67. The van der Waals surface area contributed by atoms with E-state index in [9.17, 15) is 19.7 Å². The monoisotopic (exact) mass is 400 g/mol. The van der Waals surface area contributed by atoms with E-state index in [2.05, 4.69) is 19.2 Å². The van der Waals surface area contributed by atoms with Gasteiger partial charge in [0.1, 0.15) is 18.8 Å². The van der Waals surface area contributed by atoms with Gasteiger partial charge in [-0.15, -0.1) is 0 Å². The Bertz CT molecular complexity index is 939. The van der Waals surface area contributed by atoms with Gasteiger partial charge in [0.25, 0.3) is 11.6 Å². The van der Waals surface area contributed by atoms with Crippen LogP contribution < -0.4 is 14.8 Å². The molecule has 0 atom stereocenters. The lowest BCUT2D eigenvalue weighted by atomic mass is 10.0. The van der Waals surface area contributed by atoms with E-state index in [4.69, 9.17) is 14.2 Å². The summed E-state index contributed by atoms with van der Waals surface area (Å²) in [6.45, 7) is 4.05. The van der Waals surface area contributed by atoms with Gasteiger partial charge in [0.15, 0.2) is 18.1 Å². The molecule has 1 amide bonds. The number of nitro benzene ring substituents is 1. The molecule has 152 valence electrons. The summed E-state index contributed by atoms with van der Waals surface area (Å²) in [4.78, 5) is 35.0. The van der Waals surface area contributed by atoms with Gasteiger partial charge in [-0.05, 0) is 23.6 Å². The van der Waals surface area contributed by atoms with Crippen LogP contribution in [0.5, 0.6) is 11.5 Å². The maximum atomic E-state index is 12.3. The average Bonchev–Trinajstić information content (AvgIpc) is 2.71. The smallest absolute Gasteiger partial charge is 0.345 e. The number of fused-ring (bicyclic) bond motifs is 1. The van der Waals surface area contributed by atoms with Crippen molar-refractivity contribution in [3.8, 4) is 11.5 Å². The van der Waals surface area contributed by atoms with Crippen LogP contribution in [0.3, 0.4) is 0 Å². The van der Waals surface area contributed by atoms with E-state index in [1.165, 1.54) is 6.07 Å². The van der Waals surface area contributed by atoms with E-state index in [1.807, 2.05) is 12.1 Å². The predicted molar refractivity (Wildman–Crippen MR) is 104 cm³/mol. The van der Waals surface area contributed by atoms with Crippen LogP contribution in [0, 0.1) is 10.1 Å². The highest BCUT2D eigenvalue weighted by molar-refractivity contribution is 5.98. The number of nitro groups is 1. The zero-order chi connectivity index (χ0) is 21.0. The third-order valence-corrected chi connectivity index (χ3v) is 4.27. The van der Waals surface area contributed by atoms with E-state index in [0.29, 0.717) is 11.6 Å². The van der Waals surface area contributed by atoms with Crippen LogP contribution in [-0.4, -0.2) is 36.6 Å². The Labute approximate surface area is 166 Å². The molecule has 0 aliphatic carbocycles. The van der Waals surface area contributed by atoms with E-state index >= 15 is 0 Å². The number of rotatable bonds is 6. The molecule has 9 nitrogen and oxygen atoms in total. The number of carbonyl (C=O) groups excluding carboxylic acids is 2. The molecule has 0 aromatic heterocycles. The SMILES string of the molecule is CC(C)c1ccc(NC(=O)COC(=O)c2cc3c(cc2[N+](=O)[O-])OCCO3)cc1. The molecular formula is C20H20N2O7. The lowest BCUT2D eigenvalue weighted by molar-refractivity contribution is -0.385. The van der Waals surface area contributed by atoms with Crippen LogP contribution in [0.2, 0.25) is 0 Å². The minimum absolute atomic E-state index is 0.182. The molecule has 0 saturated heterocycles. The molecule has 0 radical (unpaired) electrons. The molecule has 0 unspecified atom stereocenters. The number of ether oxygens (including phenoxy) is 3. The summed E-state index contributed by atoms with van der Waals surface area (Å²) in [6, 6.07) is 9.59. The summed E-state index contributed by atoms with van der Waals surface area (Å²) in [5, 5.41) is 13.9. The Morgan fingerprint density at radius 1 is 1.14 bits per heavy atom. The first-order valence-electron chi connectivity index (χ1n) is 9.00. The van der Waals surface area contributed by atoms with Crippen molar-refractivity contribution < 1.29 is 28.7 Å². The maximum Gasteiger partial charge on any atom is 0.345 e. The summed E-state index contributed by atoms with van der Waals surface area (Å²) < 4.78 is 15.6. The summed E-state index contributed by atoms with van der Waals surface area (Å²) in [5.41, 5.74) is 0.887. The topological polar surface area (TPSA) is 117 Å². The molecule has 2 aromatic rings. The molecule has 0 fully saturated rings. The number of hydrogen-bond donors (Lipinski definition) is 1. The van der Waals surface area contributed by atoms with Gasteiger partial charge in [0.05, 0.1) is 11.0 Å². The number of esters is 1. The quantitative estimate of drug-likeness (QED) is 0.449. The standard InChI is InChI=1S/C20H20N2O7/c1-12(2)13-3-5-14(6-4-13)21-19(23)11-29-20(24)15-9-17-18(28-8-7-27-17)10-16(15)22(25)26/h3-6,9-10,12H,7-8,11H2,1-2H3,(H,21,23). The van der Waals surface area contributed by atoms with Gasteiger partial charge < -0.3 is 19.5 Å². The average molecular weight is 400 g/mol. The molecular weight excluding hydrogens is 380 g/mol. The fraction of sp³-hybridized carbons (Fsp3) is 0.300. The molecule has 29 heavy (non-hydrogen) atoms. The molecule has 0 spiro atoms. The summed E-state index contributed by atoms with van der Waals surface area (Å²) in [6.07, 6.45) is 0. The minimum Gasteiger partial charge on any atom is -0.486 e. The molecule has 9 heteroatoms. The van der Waals surface area contributed by atoms with Crippen molar-refractivity contribution in [1.29, 1.82) is 0 Å². The molecule has 1 heterocycles. The second kappa shape index (κ2) is 8.59. The van der Waals surface area contributed by atoms with Gasteiger partial charge in [0.2, 0.25) is 0 Å². The third-order valence-electron chi connectivity index (χ3n) is 4.27. The molecule has 0 bridgehead atoms. The van der Waals surface area contributed by atoms with Crippen molar-refractivity contribution in [2.75, 3.05) is 25.1 Å². The predicted octanol–water partition coefficient (Wildman–Crippen LogP) is 3.28. The van der Waals surface area contributed by atoms with Gasteiger partial charge in [-0.1, -0.05) is 26.0 Å². The zero-order valence-electron chi connectivity index (χ0n) is 16.0. The Hall–Kier alpha value is -3.62. The number of nitrogens with one attached hydrogen (secondary N) is 1. The van der Waals surface area contributed by atoms with Crippen molar-refractivity contribution in [3.05, 3.63) is 57.6 Å². The molecule has 2 aromatic carbocycles.